The van der Waals surface area contributed by atoms with Gasteiger partial charge < -0.3 is 9.73 Å². The number of carbonyl (C=O) groups excluding carboxylic acids is 1. The minimum Gasteiger partial charge on any atom is -0.456 e. The number of aryl methyl sites for hydroxylation is 3. The lowest BCUT2D eigenvalue weighted by Crippen LogP contribution is -2.34. The second-order valence-corrected chi connectivity index (χ2v) is 5.47. The number of amides is 1. The topological polar surface area (TPSA) is 60.1 Å². The number of aromatic nitrogens is 2. The Bertz CT molecular complexity index is 640. The van der Waals surface area contributed by atoms with Gasteiger partial charge in [0.25, 0.3) is 5.91 Å². The predicted octanol–water partition coefficient (Wildman–Crippen LogP) is 2.55. The molecule has 21 heavy (non-hydrogen) atoms. The van der Waals surface area contributed by atoms with E-state index in [-0.39, 0.29) is 11.9 Å². The third-order valence-corrected chi connectivity index (χ3v) is 3.78. The van der Waals surface area contributed by atoms with Crippen molar-refractivity contribution >= 4 is 5.91 Å². The molecule has 1 amide bonds. The fraction of sp³-hybridized carbons (Fsp3) is 0.500. The van der Waals surface area contributed by atoms with E-state index in [2.05, 4.69) is 10.4 Å². The lowest BCUT2D eigenvalue weighted by molar-refractivity contribution is 0.0910. The first-order chi connectivity index (χ1) is 9.92. The Morgan fingerprint density at radius 3 is 2.67 bits per heavy atom. The lowest BCUT2D eigenvalue weighted by Gasteiger charge is -2.13. The molecule has 1 atom stereocenters. The first kappa shape index (κ1) is 15.4. The molecule has 2 aromatic rings. The molecule has 1 N–H and O–H groups in total. The summed E-state index contributed by atoms with van der Waals surface area (Å²) in [5.74, 6) is 1.03. The molecule has 0 aromatic carbocycles. The van der Waals surface area contributed by atoms with Crippen molar-refractivity contribution in [3.05, 3.63) is 40.6 Å². The Labute approximate surface area is 125 Å². The van der Waals surface area contributed by atoms with Crippen LogP contribution < -0.4 is 5.32 Å². The number of nitrogens with one attached hydrogen (secondary N) is 1. The van der Waals surface area contributed by atoms with Gasteiger partial charge in [0.2, 0.25) is 0 Å². The summed E-state index contributed by atoms with van der Waals surface area (Å²) in [6.07, 6.45) is 1.55. The van der Waals surface area contributed by atoms with Crippen LogP contribution >= 0.6 is 0 Å². The summed E-state index contributed by atoms with van der Waals surface area (Å²) < 4.78 is 7.34. The Morgan fingerprint density at radius 1 is 1.43 bits per heavy atom. The summed E-state index contributed by atoms with van der Waals surface area (Å²) in [5, 5.41) is 7.38. The van der Waals surface area contributed by atoms with Crippen molar-refractivity contribution in [3.63, 3.8) is 0 Å². The van der Waals surface area contributed by atoms with Crippen LogP contribution in [0.1, 0.15) is 47.1 Å². The second-order valence-electron chi connectivity index (χ2n) is 5.47. The molecule has 0 unspecified atom stereocenters. The quantitative estimate of drug-likeness (QED) is 0.920. The maximum Gasteiger partial charge on any atom is 0.287 e. The van der Waals surface area contributed by atoms with Crippen molar-refractivity contribution in [1.82, 2.24) is 15.1 Å². The summed E-state index contributed by atoms with van der Waals surface area (Å²) in [4.78, 5) is 12.1. The maximum absolute atomic E-state index is 12.1. The molecular formula is C16H23N3O2. The minimum atomic E-state index is -0.165. The Hall–Kier alpha value is -2.04. The Kier molecular flexibility index (Phi) is 4.50. The number of rotatable bonds is 5. The summed E-state index contributed by atoms with van der Waals surface area (Å²) in [6, 6.07) is 3.59. The monoisotopic (exact) mass is 289 g/mol. The molecule has 0 spiro atoms. The van der Waals surface area contributed by atoms with Gasteiger partial charge in [-0.3, -0.25) is 9.48 Å². The molecule has 0 radical (unpaired) electrons. The number of furan rings is 1. The van der Waals surface area contributed by atoms with E-state index in [1.54, 1.807) is 6.07 Å². The van der Waals surface area contributed by atoms with Crippen LogP contribution in [0.2, 0.25) is 0 Å². The number of carbonyl (C=O) groups is 1. The standard InChI is InChI=1S/C16H23N3O2/c1-6-13-7-8-15(21-13)16(20)17-10(2)9-14-11(3)18-19(5)12(14)4/h7-8,10H,6,9H2,1-5H3,(H,17,20)/t10-/m0/s1. The zero-order valence-corrected chi connectivity index (χ0v) is 13.4. The zero-order valence-electron chi connectivity index (χ0n) is 13.4. The number of hydrogen-bond acceptors (Lipinski definition) is 3. The molecule has 0 saturated carbocycles. The van der Waals surface area contributed by atoms with E-state index in [0.717, 1.165) is 30.0 Å². The fourth-order valence-corrected chi connectivity index (χ4v) is 2.45. The summed E-state index contributed by atoms with van der Waals surface area (Å²) in [6.45, 7) is 8.03. The summed E-state index contributed by atoms with van der Waals surface area (Å²) in [7, 11) is 1.93. The van der Waals surface area contributed by atoms with E-state index in [1.165, 1.54) is 5.56 Å². The average Bonchev–Trinajstić information content (AvgIpc) is 3.00. The van der Waals surface area contributed by atoms with Crippen molar-refractivity contribution in [2.24, 2.45) is 7.05 Å². The highest BCUT2D eigenvalue weighted by Crippen LogP contribution is 2.15. The number of hydrogen-bond donors (Lipinski definition) is 1. The predicted molar refractivity (Wildman–Crippen MR) is 81.4 cm³/mol. The van der Waals surface area contributed by atoms with Crippen molar-refractivity contribution < 1.29 is 9.21 Å². The van der Waals surface area contributed by atoms with E-state index in [1.807, 2.05) is 45.5 Å². The van der Waals surface area contributed by atoms with Gasteiger partial charge in [-0.2, -0.15) is 5.10 Å². The number of nitrogens with zero attached hydrogens (tertiary/aromatic N) is 2. The van der Waals surface area contributed by atoms with Gasteiger partial charge in [0.1, 0.15) is 5.76 Å². The largest absolute Gasteiger partial charge is 0.456 e. The van der Waals surface area contributed by atoms with Crippen molar-refractivity contribution in [1.29, 1.82) is 0 Å². The van der Waals surface area contributed by atoms with Crippen molar-refractivity contribution in [2.75, 3.05) is 0 Å². The van der Waals surface area contributed by atoms with Crippen LogP contribution in [0.5, 0.6) is 0 Å². The van der Waals surface area contributed by atoms with Gasteiger partial charge in [-0.25, -0.2) is 0 Å². The molecule has 0 aliphatic heterocycles. The van der Waals surface area contributed by atoms with Crippen LogP contribution in [0.25, 0.3) is 0 Å². The van der Waals surface area contributed by atoms with Crippen LogP contribution in [-0.4, -0.2) is 21.7 Å². The van der Waals surface area contributed by atoms with Gasteiger partial charge in [-0.05, 0) is 44.9 Å². The molecule has 0 aliphatic rings. The third-order valence-electron chi connectivity index (χ3n) is 3.78. The van der Waals surface area contributed by atoms with Gasteiger partial charge in [-0.1, -0.05) is 6.92 Å². The van der Waals surface area contributed by atoms with Crippen LogP contribution in [0, 0.1) is 13.8 Å². The SMILES string of the molecule is CCc1ccc(C(=O)N[C@@H](C)Cc2c(C)nn(C)c2C)o1. The zero-order chi connectivity index (χ0) is 15.6. The molecular weight excluding hydrogens is 266 g/mol. The smallest absolute Gasteiger partial charge is 0.287 e. The molecule has 2 heterocycles. The molecule has 5 nitrogen and oxygen atoms in total. The third kappa shape index (κ3) is 3.35. The minimum absolute atomic E-state index is 0.0225. The Morgan fingerprint density at radius 2 is 2.14 bits per heavy atom. The van der Waals surface area contributed by atoms with E-state index in [4.69, 9.17) is 4.42 Å². The van der Waals surface area contributed by atoms with Crippen LogP contribution in [0.3, 0.4) is 0 Å². The van der Waals surface area contributed by atoms with E-state index in [0.29, 0.717) is 5.76 Å². The van der Waals surface area contributed by atoms with Crippen LogP contribution in [0.4, 0.5) is 0 Å². The van der Waals surface area contributed by atoms with E-state index >= 15 is 0 Å². The van der Waals surface area contributed by atoms with Gasteiger partial charge in [-0.15, -0.1) is 0 Å². The molecule has 0 fully saturated rings. The molecule has 0 saturated heterocycles. The normalized spacial score (nSPS) is 12.4. The van der Waals surface area contributed by atoms with Crippen LogP contribution in [0.15, 0.2) is 16.5 Å². The lowest BCUT2D eigenvalue weighted by atomic mass is 10.1. The molecule has 5 heteroatoms. The van der Waals surface area contributed by atoms with E-state index < -0.39 is 0 Å². The summed E-state index contributed by atoms with van der Waals surface area (Å²) >= 11 is 0. The van der Waals surface area contributed by atoms with Crippen molar-refractivity contribution in [2.45, 2.75) is 46.6 Å². The molecule has 114 valence electrons. The highest BCUT2D eigenvalue weighted by Gasteiger charge is 2.17. The maximum atomic E-state index is 12.1. The first-order valence-corrected chi connectivity index (χ1v) is 7.31. The summed E-state index contributed by atoms with van der Waals surface area (Å²) in [5.41, 5.74) is 3.35. The fourth-order valence-electron chi connectivity index (χ4n) is 2.45. The van der Waals surface area contributed by atoms with Crippen LogP contribution in [-0.2, 0) is 19.9 Å². The second kappa shape index (κ2) is 6.16. The molecule has 0 bridgehead atoms. The molecule has 2 rings (SSSR count). The van der Waals surface area contributed by atoms with Gasteiger partial charge in [0.05, 0.1) is 5.69 Å². The van der Waals surface area contributed by atoms with E-state index in [9.17, 15) is 4.79 Å². The van der Waals surface area contributed by atoms with Gasteiger partial charge >= 0.3 is 0 Å². The molecule has 2 aromatic heterocycles. The highest BCUT2D eigenvalue weighted by atomic mass is 16.3. The van der Waals surface area contributed by atoms with Gasteiger partial charge in [0, 0.05) is 25.2 Å². The van der Waals surface area contributed by atoms with Gasteiger partial charge in [0.15, 0.2) is 5.76 Å². The molecule has 0 aliphatic carbocycles. The van der Waals surface area contributed by atoms with Crippen molar-refractivity contribution in [3.8, 4) is 0 Å². The highest BCUT2D eigenvalue weighted by molar-refractivity contribution is 5.91. The first-order valence-electron chi connectivity index (χ1n) is 7.31. The Balaban J connectivity index is 2.01. The average molecular weight is 289 g/mol.